The summed E-state index contributed by atoms with van der Waals surface area (Å²) in [7, 11) is 0. The van der Waals surface area contributed by atoms with E-state index in [-0.39, 0.29) is 5.92 Å². The average Bonchev–Trinajstić information content (AvgIpc) is 2.93. The van der Waals surface area contributed by atoms with E-state index in [1.165, 1.54) is 5.56 Å². The van der Waals surface area contributed by atoms with Crippen LogP contribution in [0.1, 0.15) is 23.6 Å². The van der Waals surface area contributed by atoms with E-state index in [0.717, 1.165) is 23.0 Å². The Bertz CT molecular complexity index is 738. The highest BCUT2D eigenvalue weighted by Gasteiger charge is 2.19. The van der Waals surface area contributed by atoms with Gasteiger partial charge in [0.05, 0.1) is 11.2 Å². The van der Waals surface area contributed by atoms with Gasteiger partial charge in [-0.1, -0.05) is 48.5 Å². The number of para-hydroxylation sites is 1. The molecule has 3 rings (SSSR count). The topological polar surface area (TPSA) is 33.0 Å². The van der Waals surface area contributed by atoms with Crippen molar-refractivity contribution in [2.75, 3.05) is 6.54 Å². The van der Waals surface area contributed by atoms with E-state index in [1.807, 2.05) is 36.4 Å². The van der Waals surface area contributed by atoms with Crippen molar-refractivity contribution in [3.8, 4) is 0 Å². The molecular weight excluding hydrogens is 246 g/mol. The van der Waals surface area contributed by atoms with Crippen molar-refractivity contribution in [1.29, 1.82) is 0 Å². The molecule has 1 aromatic heterocycles. The number of hydrogen-bond donors (Lipinski definition) is 1. The molecular formula is C17H15N3. The number of fused-ring (bicyclic) bond motifs is 1. The molecule has 0 saturated heterocycles. The second-order valence-electron chi connectivity index (χ2n) is 4.79. The molecule has 20 heavy (non-hydrogen) atoms. The summed E-state index contributed by atoms with van der Waals surface area (Å²) in [6, 6.07) is 18.4. The molecule has 0 aliphatic rings. The van der Waals surface area contributed by atoms with Crippen molar-refractivity contribution in [3.05, 3.63) is 77.3 Å². The molecule has 0 aliphatic carbocycles. The van der Waals surface area contributed by atoms with Gasteiger partial charge < -0.3 is 4.85 Å². The number of H-pyrrole nitrogens is 1. The Morgan fingerprint density at radius 2 is 1.80 bits per heavy atom. The molecule has 0 spiro atoms. The van der Waals surface area contributed by atoms with Gasteiger partial charge in [-0.15, -0.1) is 0 Å². The van der Waals surface area contributed by atoms with E-state index < -0.39 is 0 Å². The maximum absolute atomic E-state index is 7.05. The van der Waals surface area contributed by atoms with Gasteiger partial charge in [-0.25, -0.2) is 6.57 Å². The summed E-state index contributed by atoms with van der Waals surface area (Å²) in [5.74, 6) is 0.192. The fourth-order valence-corrected chi connectivity index (χ4v) is 2.60. The Morgan fingerprint density at radius 1 is 1.05 bits per heavy atom. The standard InChI is InChI=1S/C17H15N3/c1-18-12-11-14(13-7-3-2-4-8-13)17-15-9-5-6-10-16(15)19-20-17/h2-10,14H,11-12H2,(H,19,20). The molecule has 0 aliphatic heterocycles. The lowest BCUT2D eigenvalue weighted by molar-refractivity contribution is 0.735. The Balaban J connectivity index is 2.07. The van der Waals surface area contributed by atoms with E-state index in [9.17, 15) is 0 Å². The minimum Gasteiger partial charge on any atom is -0.317 e. The van der Waals surface area contributed by atoms with Crippen LogP contribution in [0.5, 0.6) is 0 Å². The molecule has 0 saturated carbocycles. The molecule has 3 aromatic rings. The molecule has 3 heteroatoms. The zero-order valence-corrected chi connectivity index (χ0v) is 11.1. The molecule has 0 bridgehead atoms. The number of benzene rings is 2. The van der Waals surface area contributed by atoms with Crippen LogP contribution in [-0.2, 0) is 0 Å². The van der Waals surface area contributed by atoms with Crippen molar-refractivity contribution in [2.24, 2.45) is 0 Å². The predicted octanol–water partition coefficient (Wildman–Crippen LogP) is 4.00. The van der Waals surface area contributed by atoms with Gasteiger partial charge in [-0.3, -0.25) is 5.10 Å². The molecule has 1 heterocycles. The molecule has 98 valence electrons. The SMILES string of the molecule is [C-]#[N+]CCC(c1ccccc1)c1[nH]nc2ccccc12. The summed E-state index contributed by atoms with van der Waals surface area (Å²) in [5.41, 5.74) is 3.31. The maximum Gasteiger partial charge on any atom is 0.215 e. The van der Waals surface area contributed by atoms with Crippen LogP contribution in [0.3, 0.4) is 0 Å². The molecule has 1 unspecified atom stereocenters. The normalized spacial score (nSPS) is 12.2. The number of aromatic nitrogens is 2. The second kappa shape index (κ2) is 5.58. The summed E-state index contributed by atoms with van der Waals surface area (Å²) in [6.45, 7) is 7.57. The third kappa shape index (κ3) is 2.28. The molecule has 0 radical (unpaired) electrons. The van der Waals surface area contributed by atoms with Crippen LogP contribution < -0.4 is 0 Å². The van der Waals surface area contributed by atoms with Crippen molar-refractivity contribution in [2.45, 2.75) is 12.3 Å². The third-order valence-electron chi connectivity index (χ3n) is 3.57. The predicted molar refractivity (Wildman–Crippen MR) is 80.5 cm³/mol. The summed E-state index contributed by atoms with van der Waals surface area (Å²) in [4.78, 5) is 3.51. The molecule has 0 fully saturated rings. The summed E-state index contributed by atoms with van der Waals surface area (Å²) in [5, 5.41) is 8.68. The first-order chi connectivity index (χ1) is 9.90. The minimum atomic E-state index is 0.192. The molecule has 0 amide bonds. The van der Waals surface area contributed by atoms with Gasteiger partial charge in [0.25, 0.3) is 0 Å². The molecule has 1 atom stereocenters. The average molecular weight is 261 g/mol. The summed E-state index contributed by atoms with van der Waals surface area (Å²) in [6.07, 6.45) is 0.805. The van der Waals surface area contributed by atoms with E-state index in [4.69, 9.17) is 6.57 Å². The van der Waals surface area contributed by atoms with E-state index in [1.54, 1.807) is 0 Å². The first kappa shape index (κ1) is 12.4. The first-order valence-corrected chi connectivity index (χ1v) is 6.71. The van der Waals surface area contributed by atoms with Crippen LogP contribution in [0.15, 0.2) is 54.6 Å². The Morgan fingerprint density at radius 3 is 2.60 bits per heavy atom. The number of nitrogens with zero attached hydrogens (tertiary/aromatic N) is 2. The second-order valence-corrected chi connectivity index (χ2v) is 4.79. The lowest BCUT2D eigenvalue weighted by atomic mass is 9.91. The van der Waals surface area contributed by atoms with Crippen LogP contribution in [0, 0.1) is 6.57 Å². The fraction of sp³-hybridized carbons (Fsp3) is 0.176. The van der Waals surface area contributed by atoms with E-state index >= 15 is 0 Å². The van der Waals surface area contributed by atoms with Crippen molar-refractivity contribution in [3.63, 3.8) is 0 Å². The van der Waals surface area contributed by atoms with Crippen molar-refractivity contribution >= 4 is 10.9 Å². The number of rotatable bonds is 4. The van der Waals surface area contributed by atoms with Crippen LogP contribution in [-0.4, -0.2) is 16.7 Å². The van der Waals surface area contributed by atoms with Crippen molar-refractivity contribution < 1.29 is 0 Å². The van der Waals surface area contributed by atoms with Gasteiger partial charge in [0, 0.05) is 17.7 Å². The third-order valence-corrected chi connectivity index (χ3v) is 3.57. The molecule has 3 nitrogen and oxygen atoms in total. The highest BCUT2D eigenvalue weighted by molar-refractivity contribution is 5.82. The highest BCUT2D eigenvalue weighted by Crippen LogP contribution is 2.31. The number of hydrogen-bond acceptors (Lipinski definition) is 1. The van der Waals surface area contributed by atoms with Gasteiger partial charge >= 0.3 is 0 Å². The van der Waals surface area contributed by atoms with Crippen LogP contribution in [0.2, 0.25) is 0 Å². The quantitative estimate of drug-likeness (QED) is 0.707. The highest BCUT2D eigenvalue weighted by atomic mass is 15.1. The smallest absolute Gasteiger partial charge is 0.215 e. The number of aromatic amines is 1. The first-order valence-electron chi connectivity index (χ1n) is 6.71. The molecule has 2 aromatic carbocycles. The maximum atomic E-state index is 7.05. The number of nitrogens with one attached hydrogen (secondary N) is 1. The lowest BCUT2D eigenvalue weighted by Gasteiger charge is -2.13. The lowest BCUT2D eigenvalue weighted by Crippen LogP contribution is -2.03. The zero-order chi connectivity index (χ0) is 13.8. The van der Waals surface area contributed by atoms with E-state index in [0.29, 0.717) is 6.54 Å². The van der Waals surface area contributed by atoms with Gasteiger partial charge in [0.15, 0.2) is 0 Å². The monoisotopic (exact) mass is 261 g/mol. The zero-order valence-electron chi connectivity index (χ0n) is 11.1. The van der Waals surface area contributed by atoms with Crippen LogP contribution >= 0.6 is 0 Å². The van der Waals surface area contributed by atoms with Crippen LogP contribution in [0.25, 0.3) is 15.7 Å². The largest absolute Gasteiger partial charge is 0.317 e. The Kier molecular flexibility index (Phi) is 3.47. The van der Waals surface area contributed by atoms with Gasteiger partial charge in [0.1, 0.15) is 0 Å². The fourth-order valence-electron chi connectivity index (χ4n) is 2.60. The van der Waals surface area contributed by atoms with Crippen molar-refractivity contribution in [1.82, 2.24) is 10.2 Å². The summed E-state index contributed by atoms with van der Waals surface area (Å²) < 4.78 is 0. The van der Waals surface area contributed by atoms with Crippen LogP contribution in [0.4, 0.5) is 0 Å². The Hall–Kier alpha value is -2.60. The Labute approximate surface area is 118 Å². The molecule has 1 N–H and O–H groups in total. The van der Waals surface area contributed by atoms with Gasteiger partial charge in [-0.05, 0) is 11.6 Å². The van der Waals surface area contributed by atoms with Gasteiger partial charge in [0.2, 0.25) is 6.54 Å². The minimum absolute atomic E-state index is 0.192. The summed E-state index contributed by atoms with van der Waals surface area (Å²) >= 11 is 0. The van der Waals surface area contributed by atoms with E-state index in [2.05, 4.69) is 33.2 Å². The van der Waals surface area contributed by atoms with Gasteiger partial charge in [-0.2, -0.15) is 5.10 Å².